The predicted molar refractivity (Wildman–Crippen MR) is 58.5 cm³/mol. The molecule has 0 saturated carbocycles. The fourth-order valence-corrected chi connectivity index (χ4v) is 1.90. The largest absolute Gasteiger partial charge is 0.396 e. The van der Waals surface area contributed by atoms with E-state index in [1.165, 1.54) is 0 Å². The van der Waals surface area contributed by atoms with E-state index in [1.54, 1.807) is 0 Å². The zero-order valence-electron chi connectivity index (χ0n) is 9.43. The molecule has 0 atom stereocenters. The number of hydrogen-bond donors (Lipinski definition) is 1. The first kappa shape index (κ1) is 10.6. The lowest BCUT2D eigenvalue weighted by molar-refractivity contribution is 0.0468. The van der Waals surface area contributed by atoms with Crippen LogP contribution < -0.4 is 0 Å². The lowest BCUT2D eigenvalue weighted by Crippen LogP contribution is -2.47. The van der Waals surface area contributed by atoms with Crippen LogP contribution in [0.3, 0.4) is 0 Å². The van der Waals surface area contributed by atoms with E-state index >= 15 is 0 Å². The predicted octanol–water partition coefficient (Wildman–Crippen LogP) is 0.888. The molecule has 1 aromatic heterocycles. The second-order valence-electron chi connectivity index (χ2n) is 4.62. The van der Waals surface area contributed by atoms with E-state index in [0.29, 0.717) is 18.6 Å². The van der Waals surface area contributed by atoms with Crippen LogP contribution in [0.1, 0.15) is 25.6 Å². The molecule has 0 radical (unpaired) electrons. The zero-order chi connectivity index (χ0) is 10.8. The quantitative estimate of drug-likeness (QED) is 0.800. The molecule has 1 saturated heterocycles. The first-order valence-electron chi connectivity index (χ1n) is 5.56. The van der Waals surface area contributed by atoms with Crippen LogP contribution in [-0.2, 0) is 6.54 Å². The van der Waals surface area contributed by atoms with Crippen molar-refractivity contribution in [2.75, 3.05) is 19.7 Å². The van der Waals surface area contributed by atoms with E-state index < -0.39 is 0 Å². The molecule has 1 aromatic rings. The summed E-state index contributed by atoms with van der Waals surface area (Å²) in [5, 5.41) is 13.4. The molecule has 1 aliphatic heterocycles. The van der Waals surface area contributed by atoms with Crippen molar-refractivity contribution in [1.29, 1.82) is 0 Å². The summed E-state index contributed by atoms with van der Waals surface area (Å²) in [7, 11) is 0. The van der Waals surface area contributed by atoms with Gasteiger partial charge in [0, 0.05) is 44.4 Å². The average Bonchev–Trinajstić information content (AvgIpc) is 2.58. The standard InChI is InChI=1S/C11H19N3O/c1-9(2)14-4-3-11(12-14)7-13-5-10(6-13)8-15/h3-4,9-10,15H,5-8H2,1-2H3. The van der Waals surface area contributed by atoms with Crippen molar-refractivity contribution in [2.45, 2.75) is 26.4 Å². The summed E-state index contributed by atoms with van der Waals surface area (Å²) >= 11 is 0. The molecule has 2 heterocycles. The van der Waals surface area contributed by atoms with Gasteiger partial charge in [-0.15, -0.1) is 0 Å². The van der Waals surface area contributed by atoms with Crippen LogP contribution >= 0.6 is 0 Å². The Morgan fingerprint density at radius 3 is 2.80 bits per heavy atom. The highest BCUT2D eigenvalue weighted by Crippen LogP contribution is 2.17. The monoisotopic (exact) mass is 209 g/mol. The van der Waals surface area contributed by atoms with Crippen LogP contribution in [0, 0.1) is 5.92 Å². The molecule has 1 fully saturated rings. The molecule has 2 rings (SSSR count). The molecule has 4 nitrogen and oxygen atoms in total. The van der Waals surface area contributed by atoms with Crippen molar-refractivity contribution in [2.24, 2.45) is 5.92 Å². The molecular weight excluding hydrogens is 190 g/mol. The molecular formula is C11H19N3O. The molecule has 0 amide bonds. The number of aromatic nitrogens is 2. The van der Waals surface area contributed by atoms with Crippen molar-refractivity contribution in [3.05, 3.63) is 18.0 Å². The van der Waals surface area contributed by atoms with E-state index in [4.69, 9.17) is 5.11 Å². The number of nitrogens with zero attached hydrogens (tertiary/aromatic N) is 3. The normalized spacial score (nSPS) is 18.4. The summed E-state index contributed by atoms with van der Waals surface area (Å²) in [6.45, 7) is 7.49. The summed E-state index contributed by atoms with van der Waals surface area (Å²) in [6.07, 6.45) is 2.03. The Morgan fingerprint density at radius 2 is 2.27 bits per heavy atom. The highest BCUT2D eigenvalue weighted by Gasteiger charge is 2.26. The third kappa shape index (κ3) is 2.38. The Balaban J connectivity index is 1.84. The number of aliphatic hydroxyl groups is 1. The first-order valence-corrected chi connectivity index (χ1v) is 5.56. The van der Waals surface area contributed by atoms with Gasteiger partial charge in [0.1, 0.15) is 0 Å². The maximum Gasteiger partial charge on any atom is 0.0764 e. The number of aliphatic hydroxyl groups excluding tert-OH is 1. The van der Waals surface area contributed by atoms with E-state index in [1.807, 2.05) is 10.9 Å². The fourth-order valence-electron chi connectivity index (χ4n) is 1.90. The third-order valence-corrected chi connectivity index (χ3v) is 2.87. The Labute approximate surface area is 90.5 Å². The smallest absolute Gasteiger partial charge is 0.0764 e. The Bertz CT molecular complexity index is 315. The van der Waals surface area contributed by atoms with Gasteiger partial charge >= 0.3 is 0 Å². The van der Waals surface area contributed by atoms with Crippen molar-refractivity contribution in [3.63, 3.8) is 0 Å². The van der Waals surface area contributed by atoms with Crippen LogP contribution in [0.15, 0.2) is 12.3 Å². The minimum absolute atomic E-state index is 0.316. The third-order valence-electron chi connectivity index (χ3n) is 2.87. The van der Waals surface area contributed by atoms with Gasteiger partial charge in [0.2, 0.25) is 0 Å². The van der Waals surface area contributed by atoms with Crippen LogP contribution in [0.4, 0.5) is 0 Å². The minimum atomic E-state index is 0.316. The number of rotatable bonds is 4. The van der Waals surface area contributed by atoms with Crippen molar-refractivity contribution < 1.29 is 5.11 Å². The van der Waals surface area contributed by atoms with E-state index in [2.05, 4.69) is 29.9 Å². The van der Waals surface area contributed by atoms with Crippen LogP contribution in [0.2, 0.25) is 0 Å². The Kier molecular flexibility index (Phi) is 3.07. The topological polar surface area (TPSA) is 41.3 Å². The lowest BCUT2D eigenvalue weighted by atomic mass is 10.0. The average molecular weight is 209 g/mol. The summed E-state index contributed by atoms with van der Waals surface area (Å²) in [4.78, 5) is 2.31. The molecule has 0 aromatic carbocycles. The van der Waals surface area contributed by atoms with E-state index in [0.717, 1.165) is 25.3 Å². The number of hydrogen-bond acceptors (Lipinski definition) is 3. The SMILES string of the molecule is CC(C)n1ccc(CN2CC(CO)C2)n1. The Morgan fingerprint density at radius 1 is 1.53 bits per heavy atom. The van der Waals surface area contributed by atoms with Gasteiger partial charge in [0.05, 0.1) is 5.69 Å². The van der Waals surface area contributed by atoms with Gasteiger partial charge < -0.3 is 5.11 Å². The maximum absolute atomic E-state index is 8.90. The number of likely N-dealkylation sites (tertiary alicyclic amines) is 1. The minimum Gasteiger partial charge on any atom is -0.396 e. The molecule has 0 bridgehead atoms. The Hall–Kier alpha value is -0.870. The van der Waals surface area contributed by atoms with Gasteiger partial charge in [0.25, 0.3) is 0 Å². The van der Waals surface area contributed by atoms with Crippen LogP contribution in [0.25, 0.3) is 0 Å². The first-order chi connectivity index (χ1) is 7.19. The molecule has 84 valence electrons. The molecule has 1 N–H and O–H groups in total. The van der Waals surface area contributed by atoms with E-state index in [9.17, 15) is 0 Å². The van der Waals surface area contributed by atoms with Crippen LogP contribution in [0.5, 0.6) is 0 Å². The van der Waals surface area contributed by atoms with Gasteiger partial charge in [-0.2, -0.15) is 5.10 Å². The second kappa shape index (κ2) is 4.33. The second-order valence-corrected chi connectivity index (χ2v) is 4.62. The summed E-state index contributed by atoms with van der Waals surface area (Å²) < 4.78 is 1.98. The highest BCUT2D eigenvalue weighted by atomic mass is 16.3. The summed E-state index contributed by atoms with van der Waals surface area (Å²) in [5.41, 5.74) is 1.13. The molecule has 0 unspecified atom stereocenters. The van der Waals surface area contributed by atoms with Crippen LogP contribution in [-0.4, -0.2) is 39.5 Å². The molecule has 15 heavy (non-hydrogen) atoms. The molecule has 1 aliphatic rings. The summed E-state index contributed by atoms with van der Waals surface area (Å²) in [6, 6.07) is 2.51. The highest BCUT2D eigenvalue weighted by molar-refractivity contribution is 5.00. The van der Waals surface area contributed by atoms with Gasteiger partial charge in [-0.05, 0) is 19.9 Å². The van der Waals surface area contributed by atoms with Gasteiger partial charge in [-0.1, -0.05) is 0 Å². The van der Waals surface area contributed by atoms with Gasteiger partial charge in [0.15, 0.2) is 0 Å². The maximum atomic E-state index is 8.90. The van der Waals surface area contributed by atoms with E-state index in [-0.39, 0.29) is 0 Å². The molecule has 0 aliphatic carbocycles. The molecule has 4 heteroatoms. The zero-order valence-corrected chi connectivity index (χ0v) is 9.43. The van der Waals surface area contributed by atoms with Crippen molar-refractivity contribution in [1.82, 2.24) is 14.7 Å². The van der Waals surface area contributed by atoms with Crippen molar-refractivity contribution in [3.8, 4) is 0 Å². The lowest BCUT2D eigenvalue weighted by Gasteiger charge is -2.37. The fraction of sp³-hybridized carbons (Fsp3) is 0.727. The molecule has 0 spiro atoms. The summed E-state index contributed by atoms with van der Waals surface area (Å²) in [5.74, 6) is 0.484. The van der Waals surface area contributed by atoms with Gasteiger partial charge in [-0.25, -0.2) is 0 Å². The van der Waals surface area contributed by atoms with Gasteiger partial charge in [-0.3, -0.25) is 9.58 Å². The van der Waals surface area contributed by atoms with Crippen molar-refractivity contribution >= 4 is 0 Å².